The lowest BCUT2D eigenvalue weighted by Gasteiger charge is -2.27. The maximum atomic E-state index is 12.2. The molecule has 0 amide bonds. The molecule has 0 saturated carbocycles. The Kier molecular flexibility index (Phi) is 9.54. The smallest absolute Gasteiger partial charge is 0.306 e. The molecule has 0 radical (unpaired) electrons. The molecule has 3 atom stereocenters. The highest BCUT2D eigenvalue weighted by atomic mass is 16.7. The molecular formula is C26H36O4. The van der Waals surface area contributed by atoms with Crippen molar-refractivity contribution in [2.24, 2.45) is 11.8 Å². The largest absolute Gasteiger partial charge is 0.460 e. The van der Waals surface area contributed by atoms with Gasteiger partial charge < -0.3 is 14.2 Å². The van der Waals surface area contributed by atoms with Crippen LogP contribution in [-0.2, 0) is 25.6 Å². The van der Waals surface area contributed by atoms with Gasteiger partial charge in [0.1, 0.15) is 12.4 Å². The summed E-state index contributed by atoms with van der Waals surface area (Å²) in [4.78, 5) is 12.2. The van der Waals surface area contributed by atoms with Crippen LogP contribution in [0.25, 0.3) is 0 Å². The summed E-state index contributed by atoms with van der Waals surface area (Å²) in [6, 6.07) is 20.3. The van der Waals surface area contributed by atoms with E-state index in [1.54, 1.807) is 0 Å². The van der Waals surface area contributed by atoms with Gasteiger partial charge >= 0.3 is 5.97 Å². The van der Waals surface area contributed by atoms with Gasteiger partial charge in [-0.1, -0.05) is 74.5 Å². The number of carbonyl (C=O) groups is 1. The number of rotatable bonds is 11. The summed E-state index contributed by atoms with van der Waals surface area (Å²) in [5.74, 6) is 0.283. The number of hydrogen-bond acceptors (Lipinski definition) is 4. The van der Waals surface area contributed by atoms with Gasteiger partial charge in [0.05, 0.1) is 12.7 Å². The molecule has 0 N–H and O–H groups in total. The molecule has 4 nitrogen and oxygen atoms in total. The van der Waals surface area contributed by atoms with Crippen LogP contribution in [0.1, 0.15) is 64.7 Å². The van der Waals surface area contributed by atoms with Crippen molar-refractivity contribution in [3.8, 4) is 0 Å². The summed E-state index contributed by atoms with van der Waals surface area (Å²) in [5, 5.41) is 0. The third-order valence-electron chi connectivity index (χ3n) is 4.80. The van der Waals surface area contributed by atoms with E-state index in [0.717, 1.165) is 17.5 Å². The van der Waals surface area contributed by atoms with Gasteiger partial charge in [-0.05, 0) is 50.2 Å². The monoisotopic (exact) mass is 412 g/mol. The highest BCUT2D eigenvalue weighted by Gasteiger charge is 2.25. The van der Waals surface area contributed by atoms with Crippen molar-refractivity contribution in [1.82, 2.24) is 0 Å². The Morgan fingerprint density at radius 3 is 2.13 bits per heavy atom. The highest BCUT2D eigenvalue weighted by Crippen LogP contribution is 2.31. The fraction of sp³-hybridized carbons (Fsp3) is 0.500. The summed E-state index contributed by atoms with van der Waals surface area (Å²) < 4.78 is 17.4. The molecule has 0 aliphatic carbocycles. The second-order valence-electron chi connectivity index (χ2n) is 9.06. The second kappa shape index (κ2) is 11.9. The van der Waals surface area contributed by atoms with Crippen LogP contribution in [0.5, 0.6) is 0 Å². The molecule has 0 bridgehead atoms. The molecule has 0 spiro atoms. The predicted octanol–water partition coefficient (Wildman–Crippen LogP) is 6.31. The molecule has 0 saturated heterocycles. The van der Waals surface area contributed by atoms with Crippen molar-refractivity contribution in [2.75, 3.05) is 6.79 Å². The zero-order chi connectivity index (χ0) is 22.0. The summed E-state index contributed by atoms with van der Waals surface area (Å²) >= 11 is 0. The van der Waals surface area contributed by atoms with Crippen molar-refractivity contribution in [3.05, 3.63) is 71.8 Å². The van der Waals surface area contributed by atoms with Crippen LogP contribution in [-0.4, -0.2) is 18.4 Å². The van der Waals surface area contributed by atoms with Crippen molar-refractivity contribution < 1.29 is 19.0 Å². The van der Waals surface area contributed by atoms with E-state index in [0.29, 0.717) is 13.0 Å². The van der Waals surface area contributed by atoms with E-state index in [-0.39, 0.29) is 30.7 Å². The lowest BCUT2D eigenvalue weighted by Crippen LogP contribution is -2.25. The topological polar surface area (TPSA) is 44.8 Å². The van der Waals surface area contributed by atoms with Crippen LogP contribution in [0, 0.1) is 11.8 Å². The van der Waals surface area contributed by atoms with Crippen LogP contribution in [0.3, 0.4) is 0 Å². The average molecular weight is 413 g/mol. The standard InChI is InChI=1S/C26H36O4/c1-20(17-24(27)30-26(3,4)5)16-21(2)25(23-14-10-7-11-15-23)29-19-28-18-22-12-8-6-9-13-22/h6-15,20-21,25H,16-19H2,1-5H3/t20-,21+,25+/m1/s1. The molecule has 2 aromatic rings. The highest BCUT2D eigenvalue weighted by molar-refractivity contribution is 5.70. The van der Waals surface area contributed by atoms with Gasteiger partial charge in [-0.25, -0.2) is 0 Å². The van der Waals surface area contributed by atoms with E-state index in [1.165, 1.54) is 0 Å². The molecular weight excluding hydrogens is 376 g/mol. The fourth-order valence-corrected chi connectivity index (χ4v) is 3.60. The first-order chi connectivity index (χ1) is 14.2. The van der Waals surface area contributed by atoms with Gasteiger partial charge in [0.2, 0.25) is 0 Å². The lowest BCUT2D eigenvalue weighted by molar-refractivity contribution is -0.156. The maximum absolute atomic E-state index is 12.2. The van der Waals surface area contributed by atoms with Gasteiger partial charge in [-0.2, -0.15) is 0 Å². The van der Waals surface area contributed by atoms with Gasteiger partial charge in [-0.3, -0.25) is 4.79 Å². The van der Waals surface area contributed by atoms with E-state index in [4.69, 9.17) is 14.2 Å². The van der Waals surface area contributed by atoms with Gasteiger partial charge in [0, 0.05) is 6.42 Å². The van der Waals surface area contributed by atoms with E-state index in [1.807, 2.05) is 69.3 Å². The zero-order valence-electron chi connectivity index (χ0n) is 19.0. The normalized spacial score (nSPS) is 14.7. The van der Waals surface area contributed by atoms with Gasteiger partial charge in [-0.15, -0.1) is 0 Å². The third kappa shape index (κ3) is 9.10. The average Bonchev–Trinajstić information content (AvgIpc) is 2.67. The Hall–Kier alpha value is -2.17. The summed E-state index contributed by atoms with van der Waals surface area (Å²) in [6.45, 7) is 10.7. The molecule has 164 valence electrons. The molecule has 0 unspecified atom stereocenters. The number of ether oxygens (including phenoxy) is 3. The third-order valence-corrected chi connectivity index (χ3v) is 4.80. The van der Waals surface area contributed by atoms with E-state index in [9.17, 15) is 4.79 Å². The Morgan fingerprint density at radius 1 is 0.933 bits per heavy atom. The predicted molar refractivity (Wildman–Crippen MR) is 120 cm³/mol. The van der Waals surface area contributed by atoms with E-state index in [2.05, 4.69) is 26.0 Å². The Labute approximate surface area is 181 Å². The van der Waals surface area contributed by atoms with Gasteiger partial charge in [0.25, 0.3) is 0 Å². The molecule has 0 heterocycles. The maximum Gasteiger partial charge on any atom is 0.306 e. The first-order valence-electron chi connectivity index (χ1n) is 10.7. The quantitative estimate of drug-likeness (QED) is 0.246. The summed E-state index contributed by atoms with van der Waals surface area (Å²) in [7, 11) is 0. The van der Waals surface area contributed by atoms with Crippen molar-refractivity contribution in [1.29, 1.82) is 0 Å². The molecule has 0 aliphatic rings. The van der Waals surface area contributed by atoms with Crippen molar-refractivity contribution in [3.63, 3.8) is 0 Å². The Morgan fingerprint density at radius 2 is 1.53 bits per heavy atom. The fourth-order valence-electron chi connectivity index (χ4n) is 3.60. The number of benzene rings is 2. The molecule has 2 aromatic carbocycles. The first-order valence-corrected chi connectivity index (χ1v) is 10.7. The van der Waals surface area contributed by atoms with Crippen LogP contribution in [0.15, 0.2) is 60.7 Å². The van der Waals surface area contributed by atoms with Gasteiger partial charge in [0.15, 0.2) is 0 Å². The van der Waals surface area contributed by atoms with E-state index < -0.39 is 5.60 Å². The van der Waals surface area contributed by atoms with Crippen LogP contribution >= 0.6 is 0 Å². The summed E-state index contributed by atoms with van der Waals surface area (Å²) in [5.41, 5.74) is 1.79. The SMILES string of the molecule is C[C@@H](CC(=O)OC(C)(C)C)C[C@H](C)[C@H](OCOCc1ccccc1)c1ccccc1. The van der Waals surface area contributed by atoms with Crippen LogP contribution in [0.2, 0.25) is 0 Å². The lowest BCUT2D eigenvalue weighted by atomic mass is 9.88. The minimum atomic E-state index is -0.450. The van der Waals surface area contributed by atoms with Crippen molar-refractivity contribution in [2.45, 2.75) is 65.8 Å². The molecule has 4 heteroatoms. The summed E-state index contributed by atoms with van der Waals surface area (Å²) in [6.07, 6.45) is 1.17. The number of esters is 1. The van der Waals surface area contributed by atoms with E-state index >= 15 is 0 Å². The zero-order valence-corrected chi connectivity index (χ0v) is 19.0. The Balaban J connectivity index is 1.90. The molecule has 2 rings (SSSR count). The minimum absolute atomic E-state index is 0.0944. The second-order valence-corrected chi connectivity index (χ2v) is 9.06. The van der Waals surface area contributed by atoms with Crippen molar-refractivity contribution >= 4 is 5.97 Å². The minimum Gasteiger partial charge on any atom is -0.460 e. The van der Waals surface area contributed by atoms with Crippen LogP contribution in [0.4, 0.5) is 0 Å². The molecule has 0 aliphatic heterocycles. The molecule has 0 aromatic heterocycles. The first kappa shape index (κ1) is 24.1. The molecule has 30 heavy (non-hydrogen) atoms. The Bertz CT molecular complexity index is 737. The number of carbonyl (C=O) groups excluding carboxylic acids is 1. The number of hydrogen-bond donors (Lipinski definition) is 0. The molecule has 0 fully saturated rings. The van der Waals surface area contributed by atoms with Crippen LogP contribution < -0.4 is 0 Å².